The average Bonchev–Trinajstić information content (AvgIpc) is 2.59. The molecule has 0 N–H and O–H groups in total. The van der Waals surface area contributed by atoms with Crippen molar-refractivity contribution < 1.29 is 0 Å². The number of aryl methyl sites for hydroxylation is 1. The molecular weight excluding hydrogens is 174 g/mol. The number of pyridine rings is 1. The fourth-order valence-corrected chi connectivity index (χ4v) is 1.42. The molecule has 0 amide bonds. The molecule has 0 radical (unpaired) electrons. The summed E-state index contributed by atoms with van der Waals surface area (Å²) < 4.78 is 1.64. The molecule has 0 aromatic carbocycles. The monoisotopic (exact) mass is 183 g/mol. The van der Waals surface area contributed by atoms with Gasteiger partial charge >= 0.3 is 0 Å². The van der Waals surface area contributed by atoms with E-state index >= 15 is 0 Å². The van der Waals surface area contributed by atoms with E-state index in [1.165, 1.54) is 0 Å². The lowest BCUT2D eigenvalue weighted by molar-refractivity contribution is 0.940. The van der Waals surface area contributed by atoms with Crippen molar-refractivity contribution in [3.8, 4) is 6.07 Å². The Morgan fingerprint density at radius 2 is 2.36 bits per heavy atom. The van der Waals surface area contributed by atoms with Gasteiger partial charge in [-0.3, -0.25) is 0 Å². The van der Waals surface area contributed by atoms with Crippen LogP contribution >= 0.6 is 0 Å². The summed E-state index contributed by atoms with van der Waals surface area (Å²) in [6, 6.07) is 5.85. The van der Waals surface area contributed by atoms with E-state index in [1.54, 1.807) is 22.9 Å². The highest BCUT2D eigenvalue weighted by Gasteiger charge is 2.05. The zero-order chi connectivity index (χ0) is 10.1. The fraction of sp³-hybridized carbons (Fsp3) is 0.0909. The Morgan fingerprint density at radius 1 is 1.57 bits per heavy atom. The van der Waals surface area contributed by atoms with Crippen LogP contribution in [0.4, 0.5) is 0 Å². The lowest BCUT2D eigenvalue weighted by Gasteiger charge is -1.99. The summed E-state index contributed by atoms with van der Waals surface area (Å²) in [5, 5.41) is 13.0. The van der Waals surface area contributed by atoms with Crippen LogP contribution in [0.25, 0.3) is 11.6 Å². The molecule has 68 valence electrons. The lowest BCUT2D eigenvalue weighted by atomic mass is 10.2. The molecule has 0 saturated carbocycles. The first kappa shape index (κ1) is 8.52. The molecule has 2 heterocycles. The van der Waals surface area contributed by atoms with Crippen molar-refractivity contribution in [1.82, 2.24) is 9.61 Å². The Bertz CT molecular complexity index is 543. The molecule has 0 saturated heterocycles. The number of nitrogens with zero attached hydrogens (tertiary/aromatic N) is 3. The van der Waals surface area contributed by atoms with Gasteiger partial charge in [0.1, 0.15) is 11.8 Å². The number of hydrogen-bond donors (Lipinski definition) is 0. The van der Waals surface area contributed by atoms with Gasteiger partial charge in [-0.2, -0.15) is 10.4 Å². The Balaban J connectivity index is 2.91. The lowest BCUT2D eigenvalue weighted by Crippen LogP contribution is -1.94. The van der Waals surface area contributed by atoms with E-state index in [-0.39, 0.29) is 0 Å². The highest BCUT2D eigenvalue weighted by atomic mass is 15.2. The van der Waals surface area contributed by atoms with Crippen LogP contribution in [0.15, 0.2) is 24.9 Å². The van der Waals surface area contributed by atoms with Gasteiger partial charge in [0.05, 0.1) is 11.7 Å². The molecule has 0 atom stereocenters. The van der Waals surface area contributed by atoms with Crippen LogP contribution in [-0.2, 0) is 0 Å². The summed E-state index contributed by atoms with van der Waals surface area (Å²) in [6.45, 7) is 5.66. The Morgan fingerprint density at radius 3 is 3.00 bits per heavy atom. The van der Waals surface area contributed by atoms with E-state index in [4.69, 9.17) is 5.26 Å². The van der Waals surface area contributed by atoms with Crippen LogP contribution in [-0.4, -0.2) is 9.61 Å². The molecule has 0 unspecified atom stereocenters. The van der Waals surface area contributed by atoms with E-state index in [9.17, 15) is 0 Å². The molecular formula is C11H9N3. The average molecular weight is 183 g/mol. The van der Waals surface area contributed by atoms with E-state index < -0.39 is 0 Å². The molecule has 2 aromatic heterocycles. The van der Waals surface area contributed by atoms with Gasteiger partial charge in [0.2, 0.25) is 0 Å². The number of hydrogen-bond acceptors (Lipinski definition) is 2. The van der Waals surface area contributed by atoms with Gasteiger partial charge in [0.25, 0.3) is 0 Å². The maximum absolute atomic E-state index is 8.92. The molecule has 0 fully saturated rings. The highest BCUT2D eigenvalue weighted by Crippen LogP contribution is 2.15. The normalized spacial score (nSPS) is 10.0. The van der Waals surface area contributed by atoms with Crippen LogP contribution in [0, 0.1) is 18.3 Å². The zero-order valence-electron chi connectivity index (χ0n) is 7.86. The molecule has 14 heavy (non-hydrogen) atoms. The minimum Gasteiger partial charge on any atom is -0.223 e. The van der Waals surface area contributed by atoms with Crippen LogP contribution in [0.3, 0.4) is 0 Å². The third-order valence-electron chi connectivity index (χ3n) is 2.18. The first-order valence-electron chi connectivity index (χ1n) is 4.27. The summed E-state index contributed by atoms with van der Waals surface area (Å²) in [7, 11) is 0. The summed E-state index contributed by atoms with van der Waals surface area (Å²) in [5.74, 6) is 0. The zero-order valence-corrected chi connectivity index (χ0v) is 7.86. The predicted molar refractivity (Wildman–Crippen MR) is 54.7 cm³/mol. The SMILES string of the molecule is C=Cc1cc(C#N)n2ncc(C)c2c1. The minimum absolute atomic E-state index is 0.533. The predicted octanol–water partition coefficient (Wildman–Crippen LogP) is 2.16. The van der Waals surface area contributed by atoms with Crippen LogP contribution in [0.1, 0.15) is 16.8 Å². The fourth-order valence-electron chi connectivity index (χ4n) is 1.42. The summed E-state index contributed by atoms with van der Waals surface area (Å²) in [5.41, 5.74) is 3.49. The van der Waals surface area contributed by atoms with Crippen LogP contribution in [0.5, 0.6) is 0 Å². The highest BCUT2D eigenvalue weighted by molar-refractivity contribution is 5.63. The third-order valence-corrected chi connectivity index (χ3v) is 2.18. The Hall–Kier alpha value is -2.08. The van der Waals surface area contributed by atoms with Crippen molar-refractivity contribution in [2.24, 2.45) is 0 Å². The molecule has 3 heteroatoms. The van der Waals surface area contributed by atoms with E-state index in [1.807, 2.05) is 13.0 Å². The number of fused-ring (bicyclic) bond motifs is 1. The van der Waals surface area contributed by atoms with Crippen molar-refractivity contribution in [3.05, 3.63) is 41.7 Å². The van der Waals surface area contributed by atoms with Gasteiger partial charge in [0.15, 0.2) is 0 Å². The van der Waals surface area contributed by atoms with Crippen LogP contribution in [0.2, 0.25) is 0 Å². The second-order valence-corrected chi connectivity index (χ2v) is 3.11. The molecule has 0 bridgehead atoms. The molecule has 0 aliphatic heterocycles. The molecule has 2 aromatic rings. The summed E-state index contributed by atoms with van der Waals surface area (Å²) in [4.78, 5) is 0. The number of nitriles is 1. The van der Waals surface area contributed by atoms with Gasteiger partial charge < -0.3 is 0 Å². The van der Waals surface area contributed by atoms with Crippen molar-refractivity contribution in [2.75, 3.05) is 0 Å². The van der Waals surface area contributed by atoms with Gasteiger partial charge in [-0.05, 0) is 30.2 Å². The van der Waals surface area contributed by atoms with Crippen LogP contribution < -0.4 is 0 Å². The van der Waals surface area contributed by atoms with Gasteiger partial charge in [0, 0.05) is 0 Å². The first-order chi connectivity index (χ1) is 6.76. The van der Waals surface area contributed by atoms with Gasteiger partial charge in [-0.15, -0.1) is 0 Å². The van der Waals surface area contributed by atoms with Gasteiger partial charge in [-0.1, -0.05) is 12.7 Å². The summed E-state index contributed by atoms with van der Waals surface area (Å²) in [6.07, 6.45) is 3.48. The first-order valence-corrected chi connectivity index (χ1v) is 4.27. The minimum atomic E-state index is 0.533. The molecule has 0 spiro atoms. The third kappa shape index (κ3) is 1.09. The largest absolute Gasteiger partial charge is 0.223 e. The van der Waals surface area contributed by atoms with Crippen molar-refractivity contribution in [1.29, 1.82) is 5.26 Å². The van der Waals surface area contributed by atoms with Gasteiger partial charge in [-0.25, -0.2) is 4.52 Å². The molecule has 0 aliphatic rings. The van der Waals surface area contributed by atoms with Crippen molar-refractivity contribution in [2.45, 2.75) is 6.92 Å². The molecule has 0 aliphatic carbocycles. The standard InChI is InChI=1S/C11H9N3/c1-3-9-4-10(6-12)14-11(5-9)8(2)7-13-14/h3-5,7H,1H2,2H3. The smallest absolute Gasteiger partial charge is 0.143 e. The maximum Gasteiger partial charge on any atom is 0.143 e. The number of rotatable bonds is 1. The second kappa shape index (κ2) is 3.00. The number of aromatic nitrogens is 2. The molecule has 3 nitrogen and oxygen atoms in total. The maximum atomic E-state index is 8.92. The summed E-state index contributed by atoms with van der Waals surface area (Å²) >= 11 is 0. The quantitative estimate of drug-likeness (QED) is 0.679. The van der Waals surface area contributed by atoms with Crippen molar-refractivity contribution >= 4 is 11.6 Å². The molecule has 2 rings (SSSR count). The van der Waals surface area contributed by atoms with E-state index in [2.05, 4.69) is 17.7 Å². The van der Waals surface area contributed by atoms with E-state index in [0.29, 0.717) is 5.69 Å². The topological polar surface area (TPSA) is 41.1 Å². The van der Waals surface area contributed by atoms with Crippen molar-refractivity contribution in [3.63, 3.8) is 0 Å². The second-order valence-electron chi connectivity index (χ2n) is 3.11. The Labute approximate surface area is 81.9 Å². The Kier molecular flexibility index (Phi) is 1.83. The van der Waals surface area contributed by atoms with E-state index in [0.717, 1.165) is 16.6 Å².